The molecule has 0 unspecified atom stereocenters. The Morgan fingerprint density at radius 1 is 1.40 bits per heavy atom. The summed E-state index contributed by atoms with van der Waals surface area (Å²) in [6.07, 6.45) is -3.92. The van der Waals surface area contributed by atoms with Crippen LogP contribution in [0.5, 0.6) is 0 Å². The van der Waals surface area contributed by atoms with Crippen LogP contribution in [0.3, 0.4) is 0 Å². The summed E-state index contributed by atoms with van der Waals surface area (Å²) in [5.74, 6) is -0.523. The second kappa shape index (κ2) is 6.47. The Hall–Kier alpha value is -2.42. The summed E-state index contributed by atoms with van der Waals surface area (Å²) in [7, 11) is 0. The van der Waals surface area contributed by atoms with Crippen molar-refractivity contribution in [3.63, 3.8) is 0 Å². The highest BCUT2D eigenvalue weighted by Gasteiger charge is 2.35. The van der Waals surface area contributed by atoms with Crippen LogP contribution in [-0.4, -0.2) is 26.5 Å². The van der Waals surface area contributed by atoms with Crippen molar-refractivity contribution in [3.05, 3.63) is 41.0 Å². The first-order chi connectivity index (χ1) is 11.8. The van der Waals surface area contributed by atoms with Gasteiger partial charge >= 0.3 is 6.18 Å². The van der Waals surface area contributed by atoms with Crippen molar-refractivity contribution in [3.8, 4) is 10.6 Å². The molecule has 1 atom stereocenters. The van der Waals surface area contributed by atoms with Gasteiger partial charge in [0, 0.05) is 12.1 Å². The molecule has 0 spiro atoms. The first-order valence-electron chi connectivity index (χ1n) is 7.62. The van der Waals surface area contributed by atoms with Gasteiger partial charge < -0.3 is 5.32 Å². The van der Waals surface area contributed by atoms with E-state index in [1.165, 1.54) is 17.4 Å². The number of hydrogen-bond donors (Lipinski definition) is 1. The molecule has 3 heterocycles. The molecule has 0 radical (unpaired) electrons. The highest BCUT2D eigenvalue weighted by molar-refractivity contribution is 7.13. The maximum absolute atomic E-state index is 13.4. The van der Waals surface area contributed by atoms with Crippen molar-refractivity contribution < 1.29 is 18.0 Å². The molecule has 3 aromatic rings. The van der Waals surface area contributed by atoms with Gasteiger partial charge in [-0.2, -0.15) is 18.3 Å². The number of aromatic nitrogens is 3. The van der Waals surface area contributed by atoms with E-state index in [0.29, 0.717) is 15.8 Å². The molecule has 25 heavy (non-hydrogen) atoms. The fourth-order valence-electron chi connectivity index (χ4n) is 2.24. The topological polar surface area (TPSA) is 59.3 Å². The Kier molecular flexibility index (Phi) is 4.51. The van der Waals surface area contributed by atoms with E-state index in [-0.39, 0.29) is 23.1 Å². The highest BCUT2D eigenvalue weighted by atomic mass is 32.1. The summed E-state index contributed by atoms with van der Waals surface area (Å²) in [5.41, 5.74) is -0.888. The molecule has 132 valence electrons. The first kappa shape index (κ1) is 17.4. The van der Waals surface area contributed by atoms with E-state index in [4.69, 9.17) is 0 Å². The van der Waals surface area contributed by atoms with Gasteiger partial charge in [0.2, 0.25) is 0 Å². The lowest BCUT2D eigenvalue weighted by atomic mass is 10.2. The number of hydrogen-bond acceptors (Lipinski definition) is 4. The number of nitrogens with zero attached hydrogens (tertiary/aromatic N) is 3. The van der Waals surface area contributed by atoms with Crippen molar-refractivity contribution in [1.29, 1.82) is 0 Å². The zero-order chi connectivity index (χ0) is 18.2. The maximum Gasteiger partial charge on any atom is 0.433 e. The zero-order valence-corrected chi connectivity index (χ0v) is 14.3. The molecule has 0 aliphatic heterocycles. The lowest BCUT2D eigenvalue weighted by molar-refractivity contribution is -0.142. The van der Waals surface area contributed by atoms with Crippen molar-refractivity contribution in [2.45, 2.75) is 32.5 Å². The van der Waals surface area contributed by atoms with Crippen LogP contribution in [0, 0.1) is 0 Å². The summed E-state index contributed by atoms with van der Waals surface area (Å²) in [4.78, 5) is 17.0. The number of alkyl halides is 3. The summed E-state index contributed by atoms with van der Waals surface area (Å²) in [6.45, 7) is 3.70. The molecule has 9 heteroatoms. The number of carbonyl (C=O) groups is 1. The van der Waals surface area contributed by atoms with Crippen LogP contribution in [0.2, 0.25) is 0 Å². The molecule has 0 aromatic carbocycles. The number of carbonyl (C=O) groups excluding carboxylic acids is 1. The summed E-state index contributed by atoms with van der Waals surface area (Å²) < 4.78 is 41.0. The molecule has 0 saturated carbocycles. The average Bonchev–Trinajstić information content (AvgIpc) is 3.21. The Morgan fingerprint density at radius 3 is 2.76 bits per heavy atom. The molecule has 5 nitrogen and oxygen atoms in total. The van der Waals surface area contributed by atoms with Crippen LogP contribution in [-0.2, 0) is 6.18 Å². The molecule has 1 N–H and O–H groups in total. The van der Waals surface area contributed by atoms with Gasteiger partial charge in [-0.25, -0.2) is 9.50 Å². The van der Waals surface area contributed by atoms with Crippen LogP contribution >= 0.6 is 11.3 Å². The van der Waals surface area contributed by atoms with Crippen LogP contribution in [0.15, 0.2) is 29.6 Å². The zero-order valence-electron chi connectivity index (χ0n) is 13.5. The molecule has 3 rings (SSSR count). The van der Waals surface area contributed by atoms with Crippen LogP contribution < -0.4 is 5.32 Å². The van der Waals surface area contributed by atoms with Crippen molar-refractivity contribution in [2.24, 2.45) is 0 Å². The lowest BCUT2D eigenvalue weighted by Crippen LogP contribution is -2.32. The average molecular weight is 368 g/mol. The largest absolute Gasteiger partial charge is 0.433 e. The first-order valence-corrected chi connectivity index (χ1v) is 8.50. The smallest absolute Gasteiger partial charge is 0.348 e. The monoisotopic (exact) mass is 368 g/mol. The molecule has 0 saturated heterocycles. The maximum atomic E-state index is 13.4. The molecular formula is C16H15F3N4OS. The molecule has 0 aliphatic rings. The van der Waals surface area contributed by atoms with Crippen LogP contribution in [0.1, 0.15) is 36.5 Å². The molecule has 0 fully saturated rings. The number of halogens is 3. The quantitative estimate of drug-likeness (QED) is 0.757. The van der Waals surface area contributed by atoms with Gasteiger partial charge in [0.25, 0.3) is 5.91 Å². The van der Waals surface area contributed by atoms with Gasteiger partial charge in [-0.3, -0.25) is 4.79 Å². The third kappa shape index (κ3) is 3.51. The van der Waals surface area contributed by atoms with E-state index in [1.807, 2.05) is 13.8 Å². The predicted octanol–water partition coefficient (Wildman–Crippen LogP) is 4.00. The molecule has 0 aliphatic carbocycles. The molecular weight excluding hydrogens is 353 g/mol. The predicted molar refractivity (Wildman–Crippen MR) is 88.5 cm³/mol. The van der Waals surface area contributed by atoms with Gasteiger partial charge in [-0.1, -0.05) is 13.0 Å². The molecule has 0 bridgehead atoms. The van der Waals surface area contributed by atoms with E-state index >= 15 is 0 Å². The Balaban J connectivity index is 2.12. The minimum Gasteiger partial charge on any atom is -0.348 e. The molecule has 3 aromatic heterocycles. The summed E-state index contributed by atoms with van der Waals surface area (Å²) in [6, 6.07) is 5.54. The van der Waals surface area contributed by atoms with Gasteiger partial charge in [0.05, 0.1) is 10.6 Å². The normalized spacial score (nSPS) is 13.2. The number of thiophene rings is 1. The van der Waals surface area contributed by atoms with Crippen molar-refractivity contribution in [1.82, 2.24) is 19.9 Å². The highest BCUT2D eigenvalue weighted by Crippen LogP contribution is 2.33. The Morgan fingerprint density at radius 2 is 2.16 bits per heavy atom. The number of amides is 1. The van der Waals surface area contributed by atoms with Gasteiger partial charge in [-0.15, -0.1) is 11.3 Å². The fraction of sp³-hybridized carbons (Fsp3) is 0.312. The van der Waals surface area contributed by atoms with Crippen molar-refractivity contribution >= 4 is 22.9 Å². The Bertz CT molecular complexity index is 902. The van der Waals surface area contributed by atoms with Crippen LogP contribution in [0.4, 0.5) is 13.2 Å². The van der Waals surface area contributed by atoms with E-state index in [9.17, 15) is 18.0 Å². The number of fused-ring (bicyclic) bond motifs is 1. The standard InChI is InChI=1S/C16H15F3N4OS/c1-3-9(2)20-15(24)11-8-14-21-10(12-5-4-6-25-12)7-13(16(17,18)19)23(14)22-11/h4-9H,3H2,1-2H3,(H,20,24)/t9-/m0/s1. The van der Waals surface area contributed by atoms with E-state index in [1.54, 1.807) is 17.5 Å². The van der Waals surface area contributed by atoms with E-state index < -0.39 is 17.8 Å². The Labute approximate surface area is 145 Å². The van der Waals surface area contributed by atoms with Gasteiger partial charge in [0.1, 0.15) is 0 Å². The number of rotatable bonds is 4. The fourth-order valence-corrected chi connectivity index (χ4v) is 2.92. The molecule has 1 amide bonds. The minimum absolute atomic E-state index is 0.0208. The van der Waals surface area contributed by atoms with E-state index in [0.717, 1.165) is 6.07 Å². The lowest BCUT2D eigenvalue weighted by Gasteiger charge is -2.10. The van der Waals surface area contributed by atoms with Gasteiger partial charge in [-0.05, 0) is 30.9 Å². The summed E-state index contributed by atoms with van der Waals surface area (Å²) in [5, 5.41) is 8.26. The minimum atomic E-state index is -4.62. The third-order valence-corrected chi connectivity index (χ3v) is 4.61. The van der Waals surface area contributed by atoms with Gasteiger partial charge in [0.15, 0.2) is 17.0 Å². The second-order valence-corrected chi connectivity index (χ2v) is 6.53. The SMILES string of the molecule is CC[C@H](C)NC(=O)c1cc2nc(-c3cccs3)cc(C(F)(F)F)n2n1. The van der Waals surface area contributed by atoms with E-state index in [2.05, 4.69) is 15.4 Å². The third-order valence-electron chi connectivity index (χ3n) is 3.71. The van der Waals surface area contributed by atoms with Crippen LogP contribution in [0.25, 0.3) is 16.2 Å². The van der Waals surface area contributed by atoms with Crippen molar-refractivity contribution in [2.75, 3.05) is 0 Å². The second-order valence-electron chi connectivity index (χ2n) is 5.58. The summed E-state index contributed by atoms with van der Waals surface area (Å²) >= 11 is 1.29. The number of nitrogens with one attached hydrogen (secondary N) is 1.